The van der Waals surface area contributed by atoms with E-state index < -0.39 is 0 Å². The lowest BCUT2D eigenvalue weighted by Crippen LogP contribution is -1.79. The molecule has 0 aliphatic rings. The van der Waals surface area contributed by atoms with Crippen molar-refractivity contribution < 1.29 is 13.9 Å². The molecule has 94 valence electrons. The average Bonchev–Trinajstić information content (AvgIpc) is 2.89. The van der Waals surface area contributed by atoms with Crippen LogP contribution in [0.3, 0.4) is 0 Å². The second-order valence-corrected chi connectivity index (χ2v) is 3.94. The number of aromatic nitrogens is 2. The van der Waals surface area contributed by atoms with Crippen LogP contribution in [0.1, 0.15) is 0 Å². The van der Waals surface area contributed by atoms with Crippen LogP contribution in [-0.2, 0) is 0 Å². The topological polar surface area (TPSA) is 59.2 Å². The highest BCUT2D eigenvalue weighted by Gasteiger charge is 2.13. The molecule has 1 aromatic heterocycles. The molecular weight excluding hydrogens is 247 g/mol. The highest BCUT2D eigenvalue weighted by molar-refractivity contribution is 5.63. The molecule has 0 aliphatic carbocycles. The van der Waals surface area contributed by atoms with E-state index in [1.54, 1.807) is 30.3 Å². The van der Waals surface area contributed by atoms with Crippen LogP contribution in [0.2, 0.25) is 0 Å². The fourth-order valence-electron chi connectivity index (χ4n) is 1.72. The molecule has 0 spiro atoms. The molecule has 4 nitrogen and oxygen atoms in total. The molecule has 2 aromatic carbocycles. The van der Waals surface area contributed by atoms with Crippen molar-refractivity contribution in [1.82, 2.24) is 10.2 Å². The van der Waals surface area contributed by atoms with Crippen molar-refractivity contribution in [3.8, 4) is 28.7 Å². The smallest absolute Gasteiger partial charge is 0.251 e. The summed E-state index contributed by atoms with van der Waals surface area (Å²) in [6.45, 7) is 0. The summed E-state index contributed by atoms with van der Waals surface area (Å²) in [4.78, 5) is 0. The fraction of sp³-hybridized carbons (Fsp3) is 0. The highest BCUT2D eigenvalue weighted by Crippen LogP contribution is 2.29. The van der Waals surface area contributed by atoms with Crippen molar-refractivity contribution in [2.45, 2.75) is 0 Å². The Morgan fingerprint density at radius 2 is 1.74 bits per heavy atom. The van der Waals surface area contributed by atoms with Crippen LogP contribution in [0.4, 0.5) is 4.39 Å². The molecule has 0 fully saturated rings. The van der Waals surface area contributed by atoms with Crippen molar-refractivity contribution >= 4 is 0 Å². The molecule has 0 bridgehead atoms. The summed E-state index contributed by atoms with van der Waals surface area (Å²) in [5.74, 6) is 0.0758. The number of para-hydroxylation sites is 1. The van der Waals surface area contributed by atoms with Gasteiger partial charge in [0.25, 0.3) is 5.89 Å². The first-order valence-corrected chi connectivity index (χ1v) is 5.62. The normalized spacial score (nSPS) is 10.6. The molecule has 3 aromatic rings. The van der Waals surface area contributed by atoms with Crippen molar-refractivity contribution in [1.29, 1.82) is 0 Å². The van der Waals surface area contributed by atoms with Crippen molar-refractivity contribution in [2.75, 3.05) is 0 Å². The predicted molar refractivity (Wildman–Crippen MR) is 66.8 cm³/mol. The molecule has 1 N–H and O–H groups in total. The minimum atomic E-state index is -0.375. The summed E-state index contributed by atoms with van der Waals surface area (Å²) in [6.07, 6.45) is 0. The summed E-state index contributed by atoms with van der Waals surface area (Å²) in [5.41, 5.74) is 0.937. The van der Waals surface area contributed by atoms with E-state index in [-0.39, 0.29) is 23.3 Å². The number of hydrogen-bond donors (Lipinski definition) is 1. The van der Waals surface area contributed by atoms with Crippen LogP contribution in [-0.4, -0.2) is 15.3 Å². The molecular formula is C14H9FN2O2. The second kappa shape index (κ2) is 4.53. The molecule has 0 radical (unpaired) electrons. The van der Waals surface area contributed by atoms with E-state index in [0.29, 0.717) is 11.1 Å². The van der Waals surface area contributed by atoms with Gasteiger partial charge in [-0.25, -0.2) is 4.39 Å². The molecule has 1 heterocycles. The monoisotopic (exact) mass is 256 g/mol. The molecule has 5 heteroatoms. The number of benzene rings is 2. The maximum atomic E-state index is 13.1. The number of rotatable bonds is 2. The lowest BCUT2D eigenvalue weighted by Gasteiger charge is -1.97. The Morgan fingerprint density at radius 3 is 2.53 bits per heavy atom. The third kappa shape index (κ3) is 2.18. The minimum Gasteiger partial charge on any atom is -0.507 e. The Kier molecular flexibility index (Phi) is 2.72. The lowest BCUT2D eigenvalue weighted by molar-refractivity contribution is 0.473. The second-order valence-electron chi connectivity index (χ2n) is 3.94. The van der Waals surface area contributed by atoms with Gasteiger partial charge in [0.15, 0.2) is 0 Å². The van der Waals surface area contributed by atoms with Gasteiger partial charge in [-0.15, -0.1) is 10.2 Å². The number of halogens is 1. The van der Waals surface area contributed by atoms with E-state index >= 15 is 0 Å². The first kappa shape index (κ1) is 11.4. The molecule has 0 atom stereocenters. The standard InChI is InChI=1S/C14H9FN2O2/c15-10-5-3-4-9(8-10)13-16-17-14(19-13)11-6-1-2-7-12(11)18/h1-8,18H. The number of phenols is 1. The number of nitrogens with zero attached hydrogens (tertiary/aromatic N) is 2. The maximum absolute atomic E-state index is 13.1. The van der Waals surface area contributed by atoms with Crippen molar-refractivity contribution in [2.24, 2.45) is 0 Å². The zero-order chi connectivity index (χ0) is 13.2. The van der Waals surface area contributed by atoms with Gasteiger partial charge in [0.1, 0.15) is 11.6 Å². The summed E-state index contributed by atoms with van der Waals surface area (Å²) in [6, 6.07) is 12.5. The van der Waals surface area contributed by atoms with E-state index in [0.717, 1.165) is 0 Å². The van der Waals surface area contributed by atoms with Gasteiger partial charge < -0.3 is 9.52 Å². The number of hydrogen-bond acceptors (Lipinski definition) is 4. The summed E-state index contributed by atoms with van der Waals surface area (Å²) >= 11 is 0. The van der Waals surface area contributed by atoms with Gasteiger partial charge in [-0.1, -0.05) is 18.2 Å². The SMILES string of the molecule is Oc1ccccc1-c1nnc(-c2cccc(F)c2)o1. The van der Waals surface area contributed by atoms with Gasteiger partial charge in [0.2, 0.25) is 5.89 Å². The number of aromatic hydroxyl groups is 1. The molecule has 3 rings (SSSR count). The van der Waals surface area contributed by atoms with Crippen LogP contribution < -0.4 is 0 Å². The van der Waals surface area contributed by atoms with Crippen molar-refractivity contribution in [3.05, 3.63) is 54.3 Å². The summed E-state index contributed by atoms with van der Waals surface area (Å²) in [7, 11) is 0. The van der Waals surface area contributed by atoms with E-state index in [1.807, 2.05) is 0 Å². The van der Waals surface area contributed by atoms with E-state index in [1.165, 1.54) is 18.2 Å². The zero-order valence-electron chi connectivity index (χ0n) is 9.75. The number of phenolic OH excluding ortho intramolecular Hbond substituents is 1. The van der Waals surface area contributed by atoms with Gasteiger partial charge in [0.05, 0.1) is 5.56 Å². The molecule has 0 saturated heterocycles. The van der Waals surface area contributed by atoms with Crippen LogP contribution in [0, 0.1) is 5.82 Å². The first-order valence-electron chi connectivity index (χ1n) is 5.62. The largest absolute Gasteiger partial charge is 0.507 e. The Labute approximate surface area is 108 Å². The Hall–Kier alpha value is -2.69. The van der Waals surface area contributed by atoms with Gasteiger partial charge >= 0.3 is 0 Å². The van der Waals surface area contributed by atoms with E-state index in [2.05, 4.69) is 10.2 Å². The Balaban J connectivity index is 2.03. The molecule has 0 aliphatic heterocycles. The minimum absolute atomic E-state index is 0.0527. The molecule has 0 amide bonds. The fourth-order valence-corrected chi connectivity index (χ4v) is 1.72. The van der Waals surface area contributed by atoms with Crippen LogP contribution >= 0.6 is 0 Å². The summed E-state index contributed by atoms with van der Waals surface area (Å²) in [5, 5.41) is 17.4. The quantitative estimate of drug-likeness (QED) is 0.764. The summed E-state index contributed by atoms with van der Waals surface area (Å²) < 4.78 is 18.6. The third-order valence-electron chi connectivity index (χ3n) is 2.63. The van der Waals surface area contributed by atoms with Crippen molar-refractivity contribution in [3.63, 3.8) is 0 Å². The third-order valence-corrected chi connectivity index (χ3v) is 2.63. The van der Waals surface area contributed by atoms with Gasteiger partial charge in [-0.3, -0.25) is 0 Å². The predicted octanol–water partition coefficient (Wildman–Crippen LogP) is 3.25. The lowest BCUT2D eigenvalue weighted by atomic mass is 10.2. The van der Waals surface area contributed by atoms with E-state index in [4.69, 9.17) is 4.42 Å². The van der Waals surface area contributed by atoms with E-state index in [9.17, 15) is 9.50 Å². The van der Waals surface area contributed by atoms with Crippen LogP contribution in [0.15, 0.2) is 52.9 Å². The van der Waals surface area contributed by atoms with Crippen LogP contribution in [0.5, 0.6) is 5.75 Å². The van der Waals surface area contributed by atoms with Gasteiger partial charge in [0, 0.05) is 5.56 Å². The first-order chi connectivity index (χ1) is 9.24. The maximum Gasteiger partial charge on any atom is 0.251 e. The molecule has 0 saturated carbocycles. The Bertz CT molecular complexity index is 725. The molecule has 19 heavy (non-hydrogen) atoms. The highest BCUT2D eigenvalue weighted by atomic mass is 19.1. The Morgan fingerprint density at radius 1 is 0.947 bits per heavy atom. The average molecular weight is 256 g/mol. The zero-order valence-corrected chi connectivity index (χ0v) is 9.75. The molecule has 0 unspecified atom stereocenters. The van der Waals surface area contributed by atoms with Crippen LogP contribution in [0.25, 0.3) is 22.9 Å². The van der Waals surface area contributed by atoms with Gasteiger partial charge in [-0.05, 0) is 30.3 Å². The van der Waals surface area contributed by atoms with Gasteiger partial charge in [-0.2, -0.15) is 0 Å².